The first kappa shape index (κ1) is 17.7. The number of aliphatic hydroxyl groups is 1. The molecule has 0 radical (unpaired) electrons. The van der Waals surface area contributed by atoms with Crippen LogP contribution < -0.4 is 15.4 Å². The summed E-state index contributed by atoms with van der Waals surface area (Å²) < 4.78 is 7.05. The standard InChI is InChI=1S/C20H20N6O2/c1-28-16-9-5-6-14(12-16)23-18-17-13-22-26(15-7-3-2-4-8-15)19(17)25-20(24-18)21-10-11-27/h2-9,12-13,27H,10-11H2,1H3,(H2,21,23,24,25). The Morgan fingerprint density at radius 1 is 1.07 bits per heavy atom. The third kappa shape index (κ3) is 3.58. The van der Waals surface area contributed by atoms with Crippen LogP contribution in [-0.4, -0.2) is 45.1 Å². The van der Waals surface area contributed by atoms with Gasteiger partial charge >= 0.3 is 0 Å². The maximum Gasteiger partial charge on any atom is 0.226 e. The number of hydrogen-bond donors (Lipinski definition) is 3. The lowest BCUT2D eigenvalue weighted by Gasteiger charge is -2.11. The predicted octanol–water partition coefficient (Wildman–Crippen LogP) is 2.97. The summed E-state index contributed by atoms with van der Waals surface area (Å²) in [5.74, 6) is 1.76. The van der Waals surface area contributed by atoms with Gasteiger partial charge in [-0.3, -0.25) is 0 Å². The van der Waals surface area contributed by atoms with Crippen molar-refractivity contribution in [2.24, 2.45) is 0 Å². The van der Waals surface area contributed by atoms with E-state index in [0.717, 1.165) is 22.5 Å². The van der Waals surface area contributed by atoms with Crippen molar-refractivity contribution in [2.45, 2.75) is 0 Å². The summed E-state index contributed by atoms with van der Waals surface area (Å²) in [7, 11) is 1.63. The Morgan fingerprint density at radius 3 is 2.71 bits per heavy atom. The summed E-state index contributed by atoms with van der Waals surface area (Å²) in [5.41, 5.74) is 2.39. The molecule has 4 rings (SSSR count). The molecular weight excluding hydrogens is 356 g/mol. The average Bonchev–Trinajstić information content (AvgIpc) is 3.17. The minimum absolute atomic E-state index is 0.0159. The Hall–Kier alpha value is -3.65. The zero-order chi connectivity index (χ0) is 19.3. The summed E-state index contributed by atoms with van der Waals surface area (Å²) >= 11 is 0. The van der Waals surface area contributed by atoms with Gasteiger partial charge in [0.15, 0.2) is 5.65 Å². The molecule has 3 N–H and O–H groups in total. The quantitative estimate of drug-likeness (QED) is 0.456. The molecule has 4 aromatic rings. The van der Waals surface area contributed by atoms with E-state index in [1.54, 1.807) is 18.0 Å². The van der Waals surface area contributed by atoms with Crippen LogP contribution in [0.4, 0.5) is 17.5 Å². The predicted molar refractivity (Wildman–Crippen MR) is 109 cm³/mol. The monoisotopic (exact) mass is 376 g/mol. The smallest absolute Gasteiger partial charge is 0.226 e. The maximum absolute atomic E-state index is 9.13. The van der Waals surface area contributed by atoms with Crippen molar-refractivity contribution in [3.63, 3.8) is 0 Å². The number of benzene rings is 2. The Morgan fingerprint density at radius 2 is 1.93 bits per heavy atom. The Bertz CT molecular complexity index is 1080. The number of para-hydroxylation sites is 1. The molecule has 0 spiro atoms. The van der Waals surface area contributed by atoms with Gasteiger partial charge in [0.1, 0.15) is 11.6 Å². The van der Waals surface area contributed by atoms with E-state index in [1.165, 1.54) is 0 Å². The lowest BCUT2D eigenvalue weighted by atomic mass is 10.3. The van der Waals surface area contributed by atoms with Gasteiger partial charge in [0.2, 0.25) is 5.95 Å². The van der Waals surface area contributed by atoms with Gasteiger partial charge in [0.05, 0.1) is 31.0 Å². The second-order valence-electron chi connectivity index (χ2n) is 6.03. The number of ether oxygens (including phenoxy) is 1. The third-order valence-electron chi connectivity index (χ3n) is 4.16. The van der Waals surface area contributed by atoms with Crippen LogP contribution in [0.2, 0.25) is 0 Å². The molecule has 0 bridgehead atoms. The van der Waals surface area contributed by atoms with Gasteiger partial charge in [-0.25, -0.2) is 4.68 Å². The number of nitrogens with zero attached hydrogens (tertiary/aromatic N) is 4. The van der Waals surface area contributed by atoms with Gasteiger partial charge < -0.3 is 20.5 Å². The molecule has 0 saturated carbocycles. The molecule has 0 atom stereocenters. The van der Waals surface area contributed by atoms with E-state index >= 15 is 0 Å². The van der Waals surface area contributed by atoms with E-state index in [9.17, 15) is 0 Å². The summed E-state index contributed by atoms with van der Waals surface area (Å²) in [6, 6.07) is 17.4. The van der Waals surface area contributed by atoms with Crippen molar-refractivity contribution in [1.82, 2.24) is 19.7 Å². The largest absolute Gasteiger partial charge is 0.497 e. The van der Waals surface area contributed by atoms with E-state index in [-0.39, 0.29) is 6.61 Å². The van der Waals surface area contributed by atoms with Crippen LogP contribution in [-0.2, 0) is 0 Å². The van der Waals surface area contributed by atoms with Crippen LogP contribution in [0.25, 0.3) is 16.7 Å². The van der Waals surface area contributed by atoms with Crippen LogP contribution in [0.1, 0.15) is 0 Å². The normalized spacial score (nSPS) is 10.8. The minimum Gasteiger partial charge on any atom is -0.497 e. The first-order valence-electron chi connectivity index (χ1n) is 8.85. The van der Waals surface area contributed by atoms with Crippen molar-refractivity contribution in [1.29, 1.82) is 0 Å². The summed E-state index contributed by atoms with van der Waals surface area (Å²) in [6.07, 6.45) is 1.74. The van der Waals surface area contributed by atoms with E-state index < -0.39 is 0 Å². The Balaban J connectivity index is 1.81. The fourth-order valence-electron chi connectivity index (χ4n) is 2.85. The van der Waals surface area contributed by atoms with Crippen molar-refractivity contribution in [2.75, 3.05) is 30.9 Å². The molecule has 0 saturated heterocycles. The van der Waals surface area contributed by atoms with Gasteiger partial charge in [-0.1, -0.05) is 24.3 Å². The first-order valence-corrected chi connectivity index (χ1v) is 8.85. The minimum atomic E-state index is -0.0159. The highest BCUT2D eigenvalue weighted by Gasteiger charge is 2.14. The molecule has 0 unspecified atom stereocenters. The highest BCUT2D eigenvalue weighted by atomic mass is 16.5. The molecule has 8 heteroatoms. The molecule has 142 valence electrons. The summed E-state index contributed by atoms with van der Waals surface area (Å²) in [4.78, 5) is 9.15. The van der Waals surface area contributed by atoms with E-state index in [1.807, 2.05) is 54.6 Å². The Kier molecular flexibility index (Phi) is 5.03. The number of nitrogens with one attached hydrogen (secondary N) is 2. The van der Waals surface area contributed by atoms with Crippen molar-refractivity contribution < 1.29 is 9.84 Å². The number of anilines is 3. The second kappa shape index (κ2) is 7.93. The molecule has 0 aliphatic rings. The van der Waals surface area contributed by atoms with Gasteiger partial charge in [-0.05, 0) is 24.3 Å². The molecule has 2 heterocycles. The van der Waals surface area contributed by atoms with Crippen molar-refractivity contribution in [3.05, 3.63) is 60.8 Å². The zero-order valence-corrected chi connectivity index (χ0v) is 15.3. The highest BCUT2D eigenvalue weighted by Crippen LogP contribution is 2.28. The molecule has 0 fully saturated rings. The number of aliphatic hydroxyl groups excluding tert-OH is 1. The average molecular weight is 376 g/mol. The number of hydrogen-bond acceptors (Lipinski definition) is 7. The molecular formula is C20H20N6O2. The SMILES string of the molecule is COc1cccc(Nc2nc(NCCO)nc3c2cnn3-c2ccccc2)c1. The van der Waals surface area contributed by atoms with Crippen molar-refractivity contribution >= 4 is 28.5 Å². The number of methoxy groups -OCH3 is 1. The van der Waals surface area contributed by atoms with Gasteiger partial charge in [0, 0.05) is 18.3 Å². The molecule has 8 nitrogen and oxygen atoms in total. The molecule has 0 amide bonds. The molecule has 0 aliphatic heterocycles. The number of fused-ring (bicyclic) bond motifs is 1. The Labute approximate surface area is 161 Å². The van der Waals surface area contributed by atoms with Gasteiger partial charge in [0.25, 0.3) is 0 Å². The third-order valence-corrected chi connectivity index (χ3v) is 4.16. The van der Waals surface area contributed by atoms with Crippen LogP contribution in [0.3, 0.4) is 0 Å². The molecule has 0 aliphatic carbocycles. The van der Waals surface area contributed by atoms with Gasteiger partial charge in [-0.15, -0.1) is 0 Å². The lowest BCUT2D eigenvalue weighted by Crippen LogP contribution is -2.10. The van der Waals surface area contributed by atoms with Crippen LogP contribution in [0.15, 0.2) is 60.8 Å². The number of rotatable bonds is 7. The maximum atomic E-state index is 9.13. The van der Waals surface area contributed by atoms with E-state index in [4.69, 9.17) is 9.84 Å². The zero-order valence-electron chi connectivity index (χ0n) is 15.3. The molecule has 2 aromatic carbocycles. The van der Waals surface area contributed by atoms with Crippen LogP contribution >= 0.6 is 0 Å². The highest BCUT2D eigenvalue weighted by molar-refractivity contribution is 5.90. The van der Waals surface area contributed by atoms with Crippen LogP contribution in [0, 0.1) is 0 Å². The lowest BCUT2D eigenvalue weighted by molar-refractivity contribution is 0.311. The van der Waals surface area contributed by atoms with Gasteiger partial charge in [-0.2, -0.15) is 15.1 Å². The fraction of sp³-hybridized carbons (Fsp3) is 0.150. The second-order valence-corrected chi connectivity index (χ2v) is 6.03. The molecule has 28 heavy (non-hydrogen) atoms. The van der Waals surface area contributed by atoms with E-state index in [2.05, 4.69) is 25.7 Å². The van der Waals surface area contributed by atoms with Crippen molar-refractivity contribution in [3.8, 4) is 11.4 Å². The molecule has 2 aromatic heterocycles. The summed E-state index contributed by atoms with van der Waals surface area (Å²) in [6.45, 7) is 0.335. The fourth-order valence-corrected chi connectivity index (χ4v) is 2.85. The first-order chi connectivity index (χ1) is 13.8. The van der Waals surface area contributed by atoms with E-state index in [0.29, 0.717) is 24.0 Å². The topological polar surface area (TPSA) is 97.1 Å². The number of aromatic nitrogens is 4. The van der Waals surface area contributed by atoms with Crippen LogP contribution in [0.5, 0.6) is 5.75 Å². The summed E-state index contributed by atoms with van der Waals surface area (Å²) in [5, 5.41) is 20.7.